The number of anilines is 1. The SMILES string of the molecule is NCCOc1cccc(CCc2ccc(CNc3ccccc3F)cc2)c1. The summed E-state index contributed by atoms with van der Waals surface area (Å²) in [6.45, 7) is 1.65. The van der Waals surface area contributed by atoms with Gasteiger partial charge in [-0.05, 0) is 53.8 Å². The summed E-state index contributed by atoms with van der Waals surface area (Å²) in [4.78, 5) is 0. The van der Waals surface area contributed by atoms with E-state index in [1.165, 1.54) is 17.2 Å². The lowest BCUT2D eigenvalue weighted by Crippen LogP contribution is -2.10. The molecule has 3 aromatic rings. The number of hydrogen-bond donors (Lipinski definition) is 2. The molecule has 0 bridgehead atoms. The number of ether oxygens (including phenoxy) is 1. The Morgan fingerprint density at radius 1 is 0.815 bits per heavy atom. The Morgan fingerprint density at radius 3 is 2.33 bits per heavy atom. The molecule has 140 valence electrons. The molecule has 3 aromatic carbocycles. The minimum atomic E-state index is -0.230. The molecule has 0 aliphatic rings. The van der Waals surface area contributed by atoms with Crippen molar-refractivity contribution in [3.63, 3.8) is 0 Å². The normalized spacial score (nSPS) is 10.6. The van der Waals surface area contributed by atoms with Gasteiger partial charge in [0.25, 0.3) is 0 Å². The minimum Gasteiger partial charge on any atom is -0.492 e. The third-order valence-corrected chi connectivity index (χ3v) is 4.37. The van der Waals surface area contributed by atoms with Crippen LogP contribution in [0.25, 0.3) is 0 Å². The van der Waals surface area contributed by atoms with Crippen LogP contribution in [0, 0.1) is 5.82 Å². The van der Waals surface area contributed by atoms with Crippen molar-refractivity contribution in [2.75, 3.05) is 18.5 Å². The summed E-state index contributed by atoms with van der Waals surface area (Å²) < 4.78 is 19.2. The maximum absolute atomic E-state index is 13.6. The van der Waals surface area contributed by atoms with Crippen molar-refractivity contribution in [1.29, 1.82) is 0 Å². The van der Waals surface area contributed by atoms with E-state index in [1.54, 1.807) is 12.1 Å². The summed E-state index contributed by atoms with van der Waals surface area (Å²) in [6, 6.07) is 23.3. The Bertz CT molecular complexity index is 849. The van der Waals surface area contributed by atoms with Gasteiger partial charge in [-0.15, -0.1) is 0 Å². The number of nitrogens with one attached hydrogen (secondary N) is 1. The summed E-state index contributed by atoms with van der Waals surface area (Å²) in [5.74, 6) is 0.638. The lowest BCUT2D eigenvalue weighted by Gasteiger charge is -2.09. The Balaban J connectivity index is 1.51. The number of rotatable bonds is 9. The van der Waals surface area contributed by atoms with Crippen molar-refractivity contribution < 1.29 is 9.13 Å². The highest BCUT2D eigenvalue weighted by molar-refractivity contribution is 5.45. The van der Waals surface area contributed by atoms with Crippen LogP contribution in [0.15, 0.2) is 72.8 Å². The van der Waals surface area contributed by atoms with E-state index in [9.17, 15) is 4.39 Å². The third kappa shape index (κ3) is 5.83. The van der Waals surface area contributed by atoms with Crippen molar-refractivity contribution in [3.8, 4) is 5.75 Å². The first-order valence-corrected chi connectivity index (χ1v) is 9.22. The van der Waals surface area contributed by atoms with E-state index in [4.69, 9.17) is 10.5 Å². The summed E-state index contributed by atoms with van der Waals surface area (Å²) in [5.41, 5.74) is 9.65. The molecule has 0 saturated heterocycles. The number of nitrogens with two attached hydrogens (primary N) is 1. The van der Waals surface area contributed by atoms with Gasteiger partial charge >= 0.3 is 0 Å². The molecular weight excluding hydrogens is 339 g/mol. The van der Waals surface area contributed by atoms with E-state index < -0.39 is 0 Å². The van der Waals surface area contributed by atoms with Crippen LogP contribution in [0.3, 0.4) is 0 Å². The van der Waals surface area contributed by atoms with Crippen molar-refractivity contribution in [3.05, 3.63) is 95.3 Å². The average molecular weight is 364 g/mol. The second kappa shape index (κ2) is 9.74. The van der Waals surface area contributed by atoms with Crippen molar-refractivity contribution in [2.24, 2.45) is 5.73 Å². The zero-order chi connectivity index (χ0) is 18.9. The Hall–Kier alpha value is -2.85. The Morgan fingerprint density at radius 2 is 1.56 bits per heavy atom. The van der Waals surface area contributed by atoms with E-state index in [0.29, 0.717) is 25.4 Å². The van der Waals surface area contributed by atoms with Crippen molar-refractivity contribution in [1.82, 2.24) is 0 Å². The Kier molecular flexibility index (Phi) is 6.83. The van der Waals surface area contributed by atoms with E-state index in [1.807, 2.05) is 18.2 Å². The first-order valence-electron chi connectivity index (χ1n) is 9.22. The van der Waals surface area contributed by atoms with Gasteiger partial charge < -0.3 is 15.8 Å². The molecule has 3 rings (SSSR count). The smallest absolute Gasteiger partial charge is 0.146 e. The van der Waals surface area contributed by atoms with Crippen molar-refractivity contribution in [2.45, 2.75) is 19.4 Å². The third-order valence-electron chi connectivity index (χ3n) is 4.37. The molecule has 0 radical (unpaired) electrons. The van der Waals surface area contributed by atoms with Gasteiger partial charge in [-0.1, -0.05) is 48.5 Å². The van der Waals surface area contributed by atoms with Crippen LogP contribution < -0.4 is 15.8 Å². The van der Waals surface area contributed by atoms with Crippen LogP contribution in [-0.4, -0.2) is 13.2 Å². The standard InChI is InChI=1S/C23H25FN2O/c24-22-6-1-2-7-23(22)26-17-20-12-9-18(10-13-20)8-11-19-4-3-5-21(16-19)27-15-14-25/h1-7,9-10,12-13,16,26H,8,11,14-15,17,25H2. The second-order valence-corrected chi connectivity index (χ2v) is 6.43. The molecule has 3 nitrogen and oxygen atoms in total. The molecular formula is C23H25FN2O. The molecule has 0 saturated carbocycles. The summed E-state index contributed by atoms with van der Waals surface area (Å²) in [6.07, 6.45) is 1.91. The van der Waals surface area contributed by atoms with Crippen LogP contribution in [0.2, 0.25) is 0 Å². The number of hydrogen-bond acceptors (Lipinski definition) is 3. The summed E-state index contributed by atoms with van der Waals surface area (Å²) in [7, 11) is 0. The molecule has 0 fully saturated rings. The van der Waals surface area contributed by atoms with Gasteiger partial charge in [-0.2, -0.15) is 0 Å². The van der Waals surface area contributed by atoms with Crippen LogP contribution in [-0.2, 0) is 19.4 Å². The number of para-hydroxylation sites is 1. The van der Waals surface area contributed by atoms with Crippen LogP contribution >= 0.6 is 0 Å². The van der Waals surface area contributed by atoms with E-state index in [2.05, 4.69) is 41.7 Å². The molecule has 0 aliphatic carbocycles. The quantitative estimate of drug-likeness (QED) is 0.585. The lowest BCUT2D eigenvalue weighted by atomic mass is 10.0. The van der Waals surface area contributed by atoms with E-state index in [-0.39, 0.29) is 5.82 Å². The molecule has 0 atom stereocenters. The van der Waals surface area contributed by atoms with Gasteiger partial charge in [0.15, 0.2) is 0 Å². The molecule has 0 unspecified atom stereocenters. The molecule has 3 N–H and O–H groups in total. The van der Waals surface area contributed by atoms with Gasteiger partial charge in [0.1, 0.15) is 18.2 Å². The predicted molar refractivity (Wildman–Crippen MR) is 109 cm³/mol. The second-order valence-electron chi connectivity index (χ2n) is 6.43. The topological polar surface area (TPSA) is 47.3 Å². The van der Waals surface area contributed by atoms with Crippen LogP contribution in [0.4, 0.5) is 10.1 Å². The average Bonchev–Trinajstić information content (AvgIpc) is 2.71. The number of benzene rings is 3. The molecule has 0 amide bonds. The summed E-state index contributed by atoms with van der Waals surface area (Å²) >= 11 is 0. The van der Waals surface area contributed by atoms with Gasteiger partial charge in [0, 0.05) is 13.1 Å². The number of halogens is 1. The highest BCUT2D eigenvalue weighted by atomic mass is 19.1. The van der Waals surface area contributed by atoms with Gasteiger partial charge in [-0.25, -0.2) is 4.39 Å². The molecule has 0 heterocycles. The molecule has 27 heavy (non-hydrogen) atoms. The first kappa shape index (κ1) is 18.9. The maximum Gasteiger partial charge on any atom is 0.146 e. The van der Waals surface area contributed by atoms with Gasteiger partial charge in [-0.3, -0.25) is 0 Å². The monoisotopic (exact) mass is 364 g/mol. The highest BCUT2D eigenvalue weighted by Gasteiger charge is 2.02. The van der Waals surface area contributed by atoms with Gasteiger partial charge in [0.05, 0.1) is 5.69 Å². The lowest BCUT2D eigenvalue weighted by molar-refractivity contribution is 0.328. The van der Waals surface area contributed by atoms with E-state index in [0.717, 1.165) is 24.2 Å². The Labute approximate surface area is 160 Å². The van der Waals surface area contributed by atoms with Crippen LogP contribution in [0.1, 0.15) is 16.7 Å². The zero-order valence-corrected chi connectivity index (χ0v) is 15.3. The minimum absolute atomic E-state index is 0.230. The fourth-order valence-electron chi connectivity index (χ4n) is 2.88. The van der Waals surface area contributed by atoms with Crippen LogP contribution in [0.5, 0.6) is 5.75 Å². The molecule has 0 aliphatic heterocycles. The fraction of sp³-hybridized carbons (Fsp3) is 0.217. The maximum atomic E-state index is 13.6. The molecule has 0 spiro atoms. The largest absolute Gasteiger partial charge is 0.492 e. The van der Waals surface area contributed by atoms with Gasteiger partial charge in [0.2, 0.25) is 0 Å². The van der Waals surface area contributed by atoms with Crippen molar-refractivity contribution >= 4 is 5.69 Å². The zero-order valence-electron chi connectivity index (χ0n) is 15.3. The molecule has 4 heteroatoms. The highest BCUT2D eigenvalue weighted by Crippen LogP contribution is 2.17. The summed E-state index contributed by atoms with van der Waals surface area (Å²) in [5, 5.41) is 3.13. The molecule has 0 aromatic heterocycles. The predicted octanol–water partition coefficient (Wildman–Crippen LogP) is 4.56. The number of aryl methyl sites for hydroxylation is 2. The fourth-order valence-corrected chi connectivity index (χ4v) is 2.88. The van der Waals surface area contributed by atoms with E-state index >= 15 is 0 Å². The first-order chi connectivity index (χ1) is 13.2.